The molecule has 0 spiro atoms. The number of rotatable bonds is 3. The zero-order valence-corrected chi connectivity index (χ0v) is 30.6. The van der Waals surface area contributed by atoms with Gasteiger partial charge in [-0.25, -0.2) is 0 Å². The van der Waals surface area contributed by atoms with Gasteiger partial charge in [0.25, 0.3) is 0 Å². The molecule has 0 atom stereocenters. The second-order valence-electron chi connectivity index (χ2n) is 11.9. The van der Waals surface area contributed by atoms with E-state index in [-0.39, 0.29) is 0 Å². The van der Waals surface area contributed by atoms with E-state index in [1.165, 1.54) is 75.0 Å². The molecule has 8 aromatic rings. The molecule has 0 amide bonds. The summed E-state index contributed by atoms with van der Waals surface area (Å²) in [5, 5.41) is 11.5. The van der Waals surface area contributed by atoms with Crippen molar-refractivity contribution in [1.29, 1.82) is 0 Å². The van der Waals surface area contributed by atoms with E-state index in [2.05, 4.69) is 136 Å². The second kappa shape index (κ2) is 11.2. The Bertz CT molecular complexity index is 2320. The summed E-state index contributed by atoms with van der Waals surface area (Å²) in [7, 11) is 10.0. The number of benzene rings is 4. The van der Waals surface area contributed by atoms with Gasteiger partial charge in [-0.1, -0.05) is 91.1 Å². The topological polar surface area (TPSA) is 4.93 Å². The summed E-state index contributed by atoms with van der Waals surface area (Å²) < 4.78 is 5.22. The summed E-state index contributed by atoms with van der Waals surface area (Å²) in [4.78, 5) is 0. The molecule has 2 aromatic heterocycles. The van der Waals surface area contributed by atoms with Gasteiger partial charge < -0.3 is 4.57 Å². The first kappa shape index (κ1) is 29.3. The Morgan fingerprint density at radius 1 is 0.767 bits per heavy atom. The SMILES string of the molecule is Cc1c(C)[c-]([Si](C)(C)[c-]2ccc3c(-c4ccc5c(c4)c4ccccc4n5C)cccc32)c2sc3ccccc3c12.[Cl][Zr+2][Cl]. The monoisotopic (exact) mass is 709 g/mol. The van der Waals surface area contributed by atoms with E-state index in [1.807, 2.05) is 11.3 Å². The molecule has 0 aliphatic carbocycles. The van der Waals surface area contributed by atoms with Crippen molar-refractivity contribution in [2.45, 2.75) is 26.9 Å². The predicted octanol–water partition coefficient (Wildman–Crippen LogP) is 10.8. The molecule has 6 heteroatoms. The van der Waals surface area contributed by atoms with E-state index in [4.69, 9.17) is 17.0 Å². The summed E-state index contributed by atoms with van der Waals surface area (Å²) in [5.41, 5.74) is 8.13. The molecule has 0 aliphatic rings. The molecular formula is C37H31Cl2NSSiZr. The van der Waals surface area contributed by atoms with Crippen molar-refractivity contribution in [2.24, 2.45) is 7.05 Å². The number of hydrogen-bond acceptors (Lipinski definition) is 1. The van der Waals surface area contributed by atoms with E-state index >= 15 is 0 Å². The number of fused-ring (bicyclic) bond motifs is 7. The van der Waals surface area contributed by atoms with Crippen LogP contribution in [0.3, 0.4) is 0 Å². The van der Waals surface area contributed by atoms with Crippen LogP contribution in [0.25, 0.3) is 63.9 Å². The van der Waals surface area contributed by atoms with Crippen LogP contribution < -0.4 is 10.4 Å². The van der Waals surface area contributed by atoms with Crippen LogP contribution in [0.2, 0.25) is 13.1 Å². The molecule has 0 radical (unpaired) electrons. The van der Waals surface area contributed by atoms with Crippen molar-refractivity contribution < 1.29 is 20.8 Å². The molecule has 6 aromatic carbocycles. The fourth-order valence-corrected chi connectivity index (χ4v) is 13.1. The third kappa shape index (κ3) is 4.48. The average molecular weight is 712 g/mol. The van der Waals surface area contributed by atoms with Gasteiger partial charge in [0.15, 0.2) is 0 Å². The molecule has 0 aliphatic heterocycles. The first-order chi connectivity index (χ1) is 20.8. The normalized spacial score (nSPS) is 12.0. The fourth-order valence-electron chi connectivity index (χ4n) is 7.39. The van der Waals surface area contributed by atoms with Crippen LogP contribution in [0, 0.1) is 13.8 Å². The third-order valence-electron chi connectivity index (χ3n) is 9.47. The Labute approximate surface area is 276 Å². The van der Waals surface area contributed by atoms with E-state index in [9.17, 15) is 0 Å². The van der Waals surface area contributed by atoms with E-state index in [0.29, 0.717) is 0 Å². The molecular weight excluding hydrogens is 681 g/mol. The quantitative estimate of drug-likeness (QED) is 0.127. The van der Waals surface area contributed by atoms with Gasteiger partial charge in [-0.2, -0.15) is 34.6 Å². The Kier molecular flexibility index (Phi) is 7.60. The van der Waals surface area contributed by atoms with Crippen molar-refractivity contribution in [3.8, 4) is 11.1 Å². The molecule has 212 valence electrons. The molecule has 0 unspecified atom stereocenters. The molecule has 0 saturated heterocycles. The van der Waals surface area contributed by atoms with Crippen molar-refractivity contribution in [1.82, 2.24) is 4.57 Å². The summed E-state index contributed by atoms with van der Waals surface area (Å²) >= 11 is 1.16. The van der Waals surface area contributed by atoms with Gasteiger partial charge >= 0.3 is 37.9 Å². The molecule has 0 saturated carbocycles. The fraction of sp³-hybridized carbons (Fsp3) is 0.135. The van der Waals surface area contributed by atoms with Gasteiger partial charge in [0, 0.05) is 41.6 Å². The number of para-hydroxylation sites is 1. The molecule has 43 heavy (non-hydrogen) atoms. The molecule has 8 rings (SSSR count). The number of hydrogen-bond donors (Lipinski definition) is 0. The third-order valence-corrected chi connectivity index (χ3v) is 14.5. The molecule has 0 fully saturated rings. The minimum absolute atomic E-state index is 0.826. The van der Waals surface area contributed by atoms with Crippen LogP contribution in [0.15, 0.2) is 97.1 Å². The first-order valence-electron chi connectivity index (χ1n) is 14.5. The Morgan fingerprint density at radius 3 is 2.26 bits per heavy atom. The summed E-state index contributed by atoms with van der Waals surface area (Å²) in [6, 6.07) is 36.4. The van der Waals surface area contributed by atoms with Crippen LogP contribution in [0.1, 0.15) is 11.1 Å². The van der Waals surface area contributed by atoms with Gasteiger partial charge in [0.05, 0.1) is 0 Å². The number of nitrogens with zero attached hydrogens (tertiary/aromatic N) is 1. The van der Waals surface area contributed by atoms with Crippen LogP contribution in [-0.2, 0) is 27.9 Å². The molecule has 0 bridgehead atoms. The number of aryl methyl sites for hydroxylation is 2. The van der Waals surface area contributed by atoms with Crippen LogP contribution in [0.4, 0.5) is 0 Å². The summed E-state index contributed by atoms with van der Waals surface area (Å²) in [6.45, 7) is 9.80. The molecule has 1 nitrogen and oxygen atoms in total. The molecule has 0 N–H and O–H groups in total. The zero-order valence-electron chi connectivity index (χ0n) is 24.8. The standard InChI is InChI=1S/C37H31NSSi.2ClH.Zr/c1-22-23(2)37(36-35(22)29-12-7-9-16-33(29)39-36)40(4,5)34-20-18-26-25(13-10-14-28(26)34)24-17-19-32-30(21-24)27-11-6-8-15-31(27)38(32)3;;;/h6-21H,1-5H3;2*1H;/q-2;;;+4/p-2. The number of halogens is 2. The van der Waals surface area contributed by atoms with Crippen molar-refractivity contribution in [3.05, 3.63) is 108 Å². The summed E-state index contributed by atoms with van der Waals surface area (Å²) in [5.74, 6) is 0. The van der Waals surface area contributed by atoms with Crippen LogP contribution >= 0.6 is 28.4 Å². The minimum atomic E-state index is -2.01. The van der Waals surface area contributed by atoms with Gasteiger partial charge in [-0.3, -0.25) is 0 Å². The average Bonchev–Trinajstić information content (AvgIpc) is 3.74. The maximum atomic E-state index is 4.93. The predicted molar refractivity (Wildman–Crippen MR) is 192 cm³/mol. The van der Waals surface area contributed by atoms with Crippen molar-refractivity contribution in [3.63, 3.8) is 0 Å². The van der Waals surface area contributed by atoms with E-state index < -0.39 is 28.9 Å². The van der Waals surface area contributed by atoms with Gasteiger partial charge in [0.1, 0.15) is 0 Å². The van der Waals surface area contributed by atoms with Gasteiger partial charge in [0.2, 0.25) is 0 Å². The Hall–Kier alpha value is -2.46. The zero-order chi connectivity index (χ0) is 30.0. The van der Waals surface area contributed by atoms with Gasteiger partial charge in [-0.15, -0.1) is 38.7 Å². The maximum absolute atomic E-state index is 4.93. The number of aromatic nitrogens is 1. The van der Waals surface area contributed by atoms with Crippen molar-refractivity contribution >= 4 is 99.6 Å². The van der Waals surface area contributed by atoms with E-state index in [0.717, 1.165) is 0 Å². The molecule has 2 heterocycles. The van der Waals surface area contributed by atoms with Crippen molar-refractivity contribution in [2.75, 3.05) is 0 Å². The number of thiophene rings is 1. The Balaban J connectivity index is 0.000000963. The first-order valence-corrected chi connectivity index (χ1v) is 24.6. The second-order valence-corrected chi connectivity index (χ2v) is 21.0. The van der Waals surface area contributed by atoms with Crippen LogP contribution in [-0.4, -0.2) is 12.6 Å². The van der Waals surface area contributed by atoms with Crippen LogP contribution in [0.5, 0.6) is 0 Å². The van der Waals surface area contributed by atoms with E-state index in [1.54, 1.807) is 10.4 Å². The summed E-state index contributed by atoms with van der Waals surface area (Å²) in [6.07, 6.45) is 0. The van der Waals surface area contributed by atoms with Gasteiger partial charge in [-0.05, 0) is 29.8 Å². The Morgan fingerprint density at radius 2 is 1.47 bits per heavy atom.